The fraction of sp³-hybridized carbons (Fsp3) is 0.300. The van der Waals surface area contributed by atoms with E-state index in [1.165, 1.54) is 16.2 Å². The van der Waals surface area contributed by atoms with E-state index in [0.29, 0.717) is 16.9 Å². The Hall–Kier alpha value is -2.25. The van der Waals surface area contributed by atoms with Gasteiger partial charge in [-0.2, -0.15) is 0 Å². The summed E-state index contributed by atoms with van der Waals surface area (Å²) in [5.41, 5.74) is 2.00. The van der Waals surface area contributed by atoms with Crippen molar-refractivity contribution < 1.29 is 9.53 Å². The molecule has 0 bridgehead atoms. The minimum atomic E-state index is -0.0439. The molecule has 1 aliphatic heterocycles. The normalized spacial score (nSPS) is 16.2. The Bertz CT molecular complexity index is 973. The minimum absolute atomic E-state index is 0.0439. The van der Waals surface area contributed by atoms with Crippen LogP contribution >= 0.6 is 23.1 Å². The highest BCUT2D eigenvalue weighted by Crippen LogP contribution is 2.39. The third-order valence-corrected chi connectivity index (χ3v) is 6.90. The molecule has 3 aromatic rings. The topological polar surface area (TPSA) is 54.5 Å². The summed E-state index contributed by atoms with van der Waals surface area (Å²) in [4.78, 5) is 20.6. The number of rotatable bonds is 5. The van der Waals surface area contributed by atoms with Crippen molar-refractivity contribution in [3.8, 4) is 5.75 Å². The molecule has 0 saturated carbocycles. The predicted molar refractivity (Wildman–Crippen MR) is 113 cm³/mol. The number of methoxy groups -OCH3 is 1. The lowest BCUT2D eigenvalue weighted by Crippen LogP contribution is -2.40. The summed E-state index contributed by atoms with van der Waals surface area (Å²) in [6, 6.07) is 14.0. The van der Waals surface area contributed by atoms with E-state index in [4.69, 9.17) is 4.74 Å². The van der Waals surface area contributed by atoms with E-state index < -0.39 is 0 Å². The number of thioether (sulfide) groups is 1. The number of fused-ring (bicyclic) bond motifs is 2. The van der Waals surface area contributed by atoms with Crippen LogP contribution in [0.5, 0.6) is 5.75 Å². The number of nitrogens with zero attached hydrogens (tertiary/aromatic N) is 2. The second kappa shape index (κ2) is 7.78. The van der Waals surface area contributed by atoms with Crippen LogP contribution in [0.3, 0.4) is 0 Å². The van der Waals surface area contributed by atoms with Gasteiger partial charge in [0.25, 0.3) is 0 Å². The van der Waals surface area contributed by atoms with E-state index in [0.717, 1.165) is 34.6 Å². The van der Waals surface area contributed by atoms with Crippen molar-refractivity contribution in [2.45, 2.75) is 23.5 Å². The highest BCUT2D eigenvalue weighted by molar-refractivity contribution is 8.00. The number of aromatic nitrogens is 1. The number of anilines is 2. The molecule has 7 heteroatoms. The lowest BCUT2D eigenvalue weighted by atomic mass is 10.2. The van der Waals surface area contributed by atoms with Crippen molar-refractivity contribution in [3.63, 3.8) is 0 Å². The molecule has 0 fully saturated rings. The summed E-state index contributed by atoms with van der Waals surface area (Å²) in [6.07, 6.45) is 1.08. The number of carbonyl (C=O) groups is 1. The first-order valence-electron chi connectivity index (χ1n) is 8.91. The molecule has 1 amide bonds. The molecule has 5 nitrogen and oxygen atoms in total. The second-order valence-electron chi connectivity index (χ2n) is 6.40. The Morgan fingerprint density at radius 2 is 2.19 bits per heavy atom. The highest BCUT2D eigenvalue weighted by Gasteiger charge is 2.25. The van der Waals surface area contributed by atoms with Gasteiger partial charge in [0.15, 0.2) is 5.13 Å². The van der Waals surface area contributed by atoms with Crippen LogP contribution in [-0.4, -0.2) is 36.3 Å². The van der Waals surface area contributed by atoms with Crippen molar-refractivity contribution in [1.82, 2.24) is 4.98 Å². The Labute approximate surface area is 166 Å². The number of hydrogen-bond acceptors (Lipinski definition) is 6. The summed E-state index contributed by atoms with van der Waals surface area (Å²) in [5, 5.41) is 4.08. The standard InChI is InChI=1S/C20H21N3O2S2/c1-3-14-11-23(16-6-4-5-7-17(16)26-14)12-19(24)22-20-21-15-9-8-13(25-2)10-18(15)27-20/h4-10,14H,3,11-12H2,1-2H3,(H,21,22,24). The summed E-state index contributed by atoms with van der Waals surface area (Å²) >= 11 is 3.36. The maximum atomic E-state index is 12.7. The third-order valence-electron chi connectivity index (χ3n) is 4.56. The van der Waals surface area contributed by atoms with E-state index in [9.17, 15) is 4.79 Å². The maximum absolute atomic E-state index is 12.7. The zero-order chi connectivity index (χ0) is 18.8. The number of hydrogen-bond donors (Lipinski definition) is 1. The van der Waals surface area contributed by atoms with Gasteiger partial charge in [0.2, 0.25) is 5.91 Å². The molecule has 4 rings (SSSR count). The minimum Gasteiger partial charge on any atom is -0.497 e. The van der Waals surface area contributed by atoms with Gasteiger partial charge >= 0.3 is 0 Å². The molecule has 1 N–H and O–H groups in total. The van der Waals surface area contributed by atoms with Gasteiger partial charge in [0.05, 0.1) is 29.6 Å². The van der Waals surface area contributed by atoms with Crippen LogP contribution in [0.2, 0.25) is 0 Å². The number of para-hydroxylation sites is 1. The molecular weight excluding hydrogens is 378 g/mol. The van der Waals surface area contributed by atoms with Crippen molar-refractivity contribution in [1.29, 1.82) is 0 Å². The van der Waals surface area contributed by atoms with E-state index in [2.05, 4.69) is 40.3 Å². The molecule has 27 heavy (non-hydrogen) atoms. The zero-order valence-corrected chi connectivity index (χ0v) is 16.9. The summed E-state index contributed by atoms with van der Waals surface area (Å²) in [6.45, 7) is 3.40. The SMILES string of the molecule is CCC1CN(CC(=O)Nc2nc3ccc(OC)cc3s2)c2ccccc2S1. The van der Waals surface area contributed by atoms with Gasteiger partial charge in [-0.3, -0.25) is 4.79 Å². The molecule has 0 spiro atoms. The van der Waals surface area contributed by atoms with Crippen molar-refractivity contribution in [2.75, 3.05) is 30.4 Å². The number of thiazole rings is 1. The van der Waals surface area contributed by atoms with E-state index in [-0.39, 0.29) is 5.91 Å². The smallest absolute Gasteiger partial charge is 0.245 e. The first kappa shape index (κ1) is 18.1. The van der Waals surface area contributed by atoms with Gasteiger partial charge in [-0.15, -0.1) is 11.8 Å². The number of benzene rings is 2. The van der Waals surface area contributed by atoms with Crippen LogP contribution in [0.1, 0.15) is 13.3 Å². The molecule has 0 radical (unpaired) electrons. The number of nitrogens with one attached hydrogen (secondary N) is 1. The van der Waals surface area contributed by atoms with E-state index in [1.54, 1.807) is 7.11 Å². The summed E-state index contributed by atoms with van der Waals surface area (Å²) in [7, 11) is 1.64. The second-order valence-corrected chi connectivity index (χ2v) is 8.77. The predicted octanol–water partition coefficient (Wildman–Crippen LogP) is 4.63. The average Bonchev–Trinajstić information content (AvgIpc) is 3.08. The Morgan fingerprint density at radius 3 is 3.00 bits per heavy atom. The molecule has 0 saturated heterocycles. The van der Waals surface area contributed by atoms with Crippen LogP contribution in [-0.2, 0) is 4.79 Å². The third kappa shape index (κ3) is 3.89. The van der Waals surface area contributed by atoms with E-state index >= 15 is 0 Å². The fourth-order valence-electron chi connectivity index (χ4n) is 3.16. The first-order chi connectivity index (χ1) is 13.2. The molecule has 1 aromatic heterocycles. The van der Waals surface area contributed by atoms with Gasteiger partial charge in [-0.05, 0) is 36.8 Å². The number of ether oxygens (including phenoxy) is 1. The fourth-order valence-corrected chi connectivity index (χ4v) is 5.32. The molecule has 0 aliphatic carbocycles. The molecule has 1 unspecified atom stereocenters. The highest BCUT2D eigenvalue weighted by atomic mass is 32.2. The quantitative estimate of drug-likeness (QED) is 0.678. The molecule has 2 aromatic carbocycles. The Kier molecular flexibility index (Phi) is 5.22. The molecule has 140 valence electrons. The van der Waals surface area contributed by atoms with Gasteiger partial charge in [-0.1, -0.05) is 30.4 Å². The Balaban J connectivity index is 1.49. The van der Waals surface area contributed by atoms with Crippen LogP contribution in [0.4, 0.5) is 10.8 Å². The first-order valence-corrected chi connectivity index (χ1v) is 10.6. The van der Waals surface area contributed by atoms with Crippen molar-refractivity contribution >= 4 is 50.0 Å². The van der Waals surface area contributed by atoms with Crippen LogP contribution in [0, 0.1) is 0 Å². The summed E-state index contributed by atoms with van der Waals surface area (Å²) < 4.78 is 6.25. The molecule has 1 aliphatic rings. The average molecular weight is 400 g/mol. The van der Waals surface area contributed by atoms with Gasteiger partial charge in [0.1, 0.15) is 5.75 Å². The van der Waals surface area contributed by atoms with Crippen LogP contribution < -0.4 is 15.0 Å². The largest absolute Gasteiger partial charge is 0.497 e. The van der Waals surface area contributed by atoms with Gasteiger partial charge < -0.3 is 15.0 Å². The van der Waals surface area contributed by atoms with Gasteiger partial charge in [-0.25, -0.2) is 4.98 Å². The lowest BCUT2D eigenvalue weighted by Gasteiger charge is -2.34. The monoisotopic (exact) mass is 399 g/mol. The molecular formula is C20H21N3O2S2. The zero-order valence-electron chi connectivity index (χ0n) is 15.3. The lowest BCUT2D eigenvalue weighted by molar-refractivity contribution is -0.115. The van der Waals surface area contributed by atoms with E-state index in [1.807, 2.05) is 36.0 Å². The van der Waals surface area contributed by atoms with Crippen LogP contribution in [0.25, 0.3) is 10.2 Å². The van der Waals surface area contributed by atoms with Gasteiger partial charge in [0, 0.05) is 16.7 Å². The van der Waals surface area contributed by atoms with Crippen molar-refractivity contribution in [2.24, 2.45) is 0 Å². The van der Waals surface area contributed by atoms with Crippen LogP contribution in [0.15, 0.2) is 47.4 Å². The molecule has 1 atom stereocenters. The number of carbonyl (C=O) groups excluding carboxylic acids is 1. The number of amides is 1. The molecule has 2 heterocycles. The summed E-state index contributed by atoms with van der Waals surface area (Å²) in [5.74, 6) is 0.745. The maximum Gasteiger partial charge on any atom is 0.245 e. The van der Waals surface area contributed by atoms with Crippen molar-refractivity contribution in [3.05, 3.63) is 42.5 Å². The Morgan fingerprint density at radius 1 is 1.33 bits per heavy atom.